The number of hydrogen-bond acceptors (Lipinski definition) is 3. The van der Waals surface area contributed by atoms with Gasteiger partial charge in [0.1, 0.15) is 0 Å². The quantitative estimate of drug-likeness (QED) is 0.922. The fourth-order valence-corrected chi connectivity index (χ4v) is 3.22. The first kappa shape index (κ1) is 18.5. The van der Waals surface area contributed by atoms with Crippen molar-refractivity contribution >= 4 is 11.8 Å². The molecule has 24 heavy (non-hydrogen) atoms. The van der Waals surface area contributed by atoms with Crippen LogP contribution in [-0.2, 0) is 10.3 Å². The van der Waals surface area contributed by atoms with E-state index in [0.29, 0.717) is 12.2 Å². The van der Waals surface area contributed by atoms with E-state index in [1.807, 2.05) is 17.7 Å². The van der Waals surface area contributed by atoms with Crippen LogP contribution in [0.3, 0.4) is 0 Å². The molecule has 0 aliphatic carbocycles. The molecule has 1 aromatic heterocycles. The molecular formula is C18H30N4O2. The number of aromatic nitrogens is 2. The maximum atomic E-state index is 13.0. The summed E-state index contributed by atoms with van der Waals surface area (Å²) in [6.07, 6.45) is 1.53. The minimum Gasteiger partial charge on any atom is -0.369 e. The lowest BCUT2D eigenvalue weighted by Crippen LogP contribution is -2.48. The fraction of sp³-hybridized carbons (Fsp3) is 0.722. The molecule has 0 unspecified atom stereocenters. The van der Waals surface area contributed by atoms with Crippen molar-refractivity contribution in [2.45, 2.75) is 71.9 Å². The molecule has 2 amide bonds. The molecule has 134 valence electrons. The number of amides is 2. The molecule has 2 rings (SSSR count). The SMILES string of the molecule is CC(C)c1cc(C(=O)N2C[C@@H](C(N)=O)CC[C@H]2C)nn1C(C)(C)C. The van der Waals surface area contributed by atoms with Crippen molar-refractivity contribution in [2.24, 2.45) is 11.7 Å². The van der Waals surface area contributed by atoms with Gasteiger partial charge in [-0.25, -0.2) is 0 Å². The maximum absolute atomic E-state index is 13.0. The number of rotatable bonds is 3. The number of likely N-dealkylation sites (tertiary alicyclic amines) is 1. The van der Waals surface area contributed by atoms with Gasteiger partial charge in [0.15, 0.2) is 5.69 Å². The molecule has 1 saturated heterocycles. The Hall–Kier alpha value is -1.85. The molecule has 1 aromatic rings. The zero-order valence-corrected chi connectivity index (χ0v) is 15.7. The Labute approximate surface area is 144 Å². The van der Waals surface area contributed by atoms with Gasteiger partial charge in [-0.2, -0.15) is 5.10 Å². The molecule has 0 saturated carbocycles. The summed E-state index contributed by atoms with van der Waals surface area (Å²) in [7, 11) is 0. The highest BCUT2D eigenvalue weighted by molar-refractivity contribution is 5.93. The molecule has 0 bridgehead atoms. The molecule has 2 N–H and O–H groups in total. The fourth-order valence-electron chi connectivity index (χ4n) is 3.22. The normalized spacial score (nSPS) is 22.0. The van der Waals surface area contributed by atoms with Crippen LogP contribution in [-0.4, -0.2) is 39.1 Å². The second kappa shape index (κ2) is 6.57. The van der Waals surface area contributed by atoms with Crippen LogP contribution in [0.25, 0.3) is 0 Å². The van der Waals surface area contributed by atoms with E-state index < -0.39 is 0 Å². The van der Waals surface area contributed by atoms with Crippen LogP contribution < -0.4 is 5.73 Å². The first-order valence-electron chi connectivity index (χ1n) is 8.73. The van der Waals surface area contributed by atoms with E-state index in [0.717, 1.165) is 18.5 Å². The number of nitrogens with two attached hydrogens (primary N) is 1. The Balaban J connectivity index is 2.33. The zero-order valence-electron chi connectivity index (χ0n) is 15.7. The second-order valence-corrected chi connectivity index (χ2v) is 8.17. The summed E-state index contributed by atoms with van der Waals surface area (Å²) in [4.78, 5) is 26.2. The first-order chi connectivity index (χ1) is 11.0. The molecule has 2 heterocycles. The number of hydrogen-bond donors (Lipinski definition) is 1. The third-order valence-electron chi connectivity index (χ3n) is 4.73. The van der Waals surface area contributed by atoms with Crippen molar-refractivity contribution in [3.8, 4) is 0 Å². The van der Waals surface area contributed by atoms with Gasteiger partial charge in [0, 0.05) is 18.3 Å². The molecule has 1 aliphatic rings. The van der Waals surface area contributed by atoms with Gasteiger partial charge < -0.3 is 10.6 Å². The Morgan fingerprint density at radius 2 is 1.92 bits per heavy atom. The largest absolute Gasteiger partial charge is 0.369 e. The minimum atomic E-state index is -0.331. The van der Waals surface area contributed by atoms with E-state index in [4.69, 9.17) is 5.73 Å². The van der Waals surface area contributed by atoms with Crippen molar-refractivity contribution in [1.82, 2.24) is 14.7 Å². The summed E-state index contributed by atoms with van der Waals surface area (Å²) in [5.41, 5.74) is 6.74. The van der Waals surface area contributed by atoms with E-state index in [9.17, 15) is 9.59 Å². The van der Waals surface area contributed by atoms with Crippen molar-refractivity contribution < 1.29 is 9.59 Å². The Morgan fingerprint density at radius 3 is 2.38 bits per heavy atom. The van der Waals surface area contributed by atoms with E-state index in [-0.39, 0.29) is 35.2 Å². The highest BCUT2D eigenvalue weighted by atomic mass is 16.2. The number of carbonyl (C=O) groups is 2. The molecule has 0 aromatic carbocycles. The van der Waals surface area contributed by atoms with Gasteiger partial charge in [-0.15, -0.1) is 0 Å². The minimum absolute atomic E-state index is 0.0930. The van der Waals surface area contributed by atoms with E-state index in [1.165, 1.54) is 0 Å². The Kier molecular flexibility index (Phi) is 5.06. The lowest BCUT2D eigenvalue weighted by Gasteiger charge is -2.36. The average Bonchev–Trinajstić information content (AvgIpc) is 2.92. The van der Waals surface area contributed by atoms with Gasteiger partial charge in [0.2, 0.25) is 5.91 Å². The van der Waals surface area contributed by atoms with E-state index in [1.54, 1.807) is 4.90 Å². The first-order valence-corrected chi connectivity index (χ1v) is 8.73. The average molecular weight is 334 g/mol. The number of carbonyl (C=O) groups excluding carboxylic acids is 2. The third-order valence-corrected chi connectivity index (χ3v) is 4.73. The lowest BCUT2D eigenvalue weighted by atomic mass is 9.92. The van der Waals surface area contributed by atoms with Crippen molar-refractivity contribution in [3.63, 3.8) is 0 Å². The summed E-state index contributed by atoms with van der Waals surface area (Å²) >= 11 is 0. The van der Waals surface area contributed by atoms with Gasteiger partial charge in [-0.05, 0) is 52.5 Å². The van der Waals surface area contributed by atoms with Crippen LogP contribution in [0.5, 0.6) is 0 Å². The van der Waals surface area contributed by atoms with E-state index in [2.05, 4.69) is 39.7 Å². The Bertz CT molecular complexity index is 627. The van der Waals surface area contributed by atoms with Crippen LogP contribution in [0.15, 0.2) is 6.07 Å². The van der Waals surface area contributed by atoms with Crippen LogP contribution in [0.4, 0.5) is 0 Å². The third kappa shape index (κ3) is 3.62. The highest BCUT2D eigenvalue weighted by Crippen LogP contribution is 2.27. The van der Waals surface area contributed by atoms with Crippen molar-refractivity contribution in [1.29, 1.82) is 0 Å². The van der Waals surface area contributed by atoms with Crippen LogP contribution in [0.2, 0.25) is 0 Å². The lowest BCUT2D eigenvalue weighted by molar-refractivity contribution is -0.123. The standard InChI is InChI=1S/C18H30N4O2/c1-11(2)15-9-14(20-22(15)18(4,5)6)17(24)21-10-13(16(19)23)8-7-12(21)3/h9,11-13H,7-8,10H2,1-6H3,(H2,19,23)/t12-,13+/m1/s1. The number of piperidine rings is 1. The summed E-state index contributed by atoms with van der Waals surface area (Å²) in [5, 5.41) is 4.59. The number of nitrogens with zero attached hydrogens (tertiary/aromatic N) is 3. The van der Waals surface area contributed by atoms with Crippen LogP contribution in [0.1, 0.15) is 76.5 Å². The maximum Gasteiger partial charge on any atom is 0.274 e. The van der Waals surface area contributed by atoms with Gasteiger partial charge in [0.05, 0.1) is 11.5 Å². The summed E-state index contributed by atoms with van der Waals surface area (Å²) < 4.78 is 1.94. The number of primary amides is 1. The van der Waals surface area contributed by atoms with Gasteiger partial charge in [0.25, 0.3) is 5.91 Å². The molecule has 6 heteroatoms. The molecule has 2 atom stereocenters. The molecule has 1 aliphatic heterocycles. The van der Waals surface area contributed by atoms with Gasteiger partial charge in [-0.1, -0.05) is 13.8 Å². The summed E-state index contributed by atoms with van der Waals surface area (Å²) in [5.74, 6) is -0.434. The predicted octanol–water partition coefficient (Wildman–Crippen LogP) is 2.49. The second-order valence-electron chi connectivity index (χ2n) is 8.17. The van der Waals surface area contributed by atoms with Crippen molar-refractivity contribution in [2.75, 3.05) is 6.54 Å². The predicted molar refractivity (Wildman–Crippen MR) is 93.7 cm³/mol. The van der Waals surface area contributed by atoms with E-state index >= 15 is 0 Å². The monoisotopic (exact) mass is 334 g/mol. The molecule has 1 fully saturated rings. The Morgan fingerprint density at radius 1 is 1.29 bits per heavy atom. The topological polar surface area (TPSA) is 81.2 Å². The van der Waals surface area contributed by atoms with Gasteiger partial charge >= 0.3 is 0 Å². The van der Waals surface area contributed by atoms with Crippen molar-refractivity contribution in [3.05, 3.63) is 17.5 Å². The summed E-state index contributed by atoms with van der Waals surface area (Å²) in [6.45, 7) is 12.8. The highest BCUT2D eigenvalue weighted by Gasteiger charge is 2.34. The zero-order chi connectivity index (χ0) is 18.2. The van der Waals surface area contributed by atoms with Crippen LogP contribution >= 0.6 is 0 Å². The van der Waals surface area contributed by atoms with Crippen LogP contribution in [0, 0.1) is 5.92 Å². The smallest absolute Gasteiger partial charge is 0.274 e. The molecular weight excluding hydrogens is 304 g/mol. The molecule has 0 radical (unpaired) electrons. The molecule has 6 nitrogen and oxygen atoms in total. The summed E-state index contributed by atoms with van der Waals surface area (Å²) in [6, 6.07) is 1.98. The molecule has 0 spiro atoms. The van der Waals surface area contributed by atoms with Gasteiger partial charge in [-0.3, -0.25) is 14.3 Å².